The predicted octanol–water partition coefficient (Wildman–Crippen LogP) is 3.74. The van der Waals surface area contributed by atoms with Crippen molar-refractivity contribution in [1.82, 2.24) is 0 Å². The fourth-order valence-corrected chi connectivity index (χ4v) is 2.59. The number of hydrogen-bond donors (Lipinski definition) is 1. The summed E-state index contributed by atoms with van der Waals surface area (Å²) >= 11 is 0. The fraction of sp³-hybridized carbons (Fsp3) is 1.00. The highest BCUT2D eigenvalue weighted by Gasteiger charge is 2.37. The van der Waals surface area contributed by atoms with Crippen LogP contribution in [0.2, 0.25) is 0 Å². The molecule has 0 atom stereocenters. The van der Waals surface area contributed by atoms with Crippen LogP contribution >= 0.6 is 0 Å². The van der Waals surface area contributed by atoms with Gasteiger partial charge in [-0.05, 0) is 70.3 Å². The molecule has 0 bridgehead atoms. The van der Waals surface area contributed by atoms with Crippen LogP contribution in [0.15, 0.2) is 0 Å². The minimum absolute atomic E-state index is 0.0241. The van der Waals surface area contributed by atoms with E-state index in [0.29, 0.717) is 10.8 Å². The van der Waals surface area contributed by atoms with E-state index in [1.54, 1.807) is 0 Å². The number of rotatable bonds is 4. The monoisotopic (exact) mass is 241 g/mol. The molecule has 102 valence electrons. The van der Waals surface area contributed by atoms with E-state index in [1.165, 1.54) is 25.7 Å². The maximum atomic E-state index is 6.02. The molecule has 2 N–H and O–H groups in total. The van der Waals surface area contributed by atoms with Gasteiger partial charge >= 0.3 is 0 Å². The quantitative estimate of drug-likeness (QED) is 0.814. The lowest BCUT2D eigenvalue weighted by Crippen LogP contribution is -2.38. The molecule has 17 heavy (non-hydrogen) atoms. The van der Waals surface area contributed by atoms with Gasteiger partial charge in [-0.15, -0.1) is 0 Å². The first-order valence-corrected chi connectivity index (χ1v) is 7.02. The van der Waals surface area contributed by atoms with E-state index in [0.717, 1.165) is 19.6 Å². The molecular formula is C15H31NO. The average Bonchev–Trinajstić information content (AvgIpc) is 2.19. The highest BCUT2D eigenvalue weighted by molar-refractivity contribution is 4.89. The molecule has 0 amide bonds. The molecule has 2 nitrogen and oxygen atoms in total. The smallest absolute Gasteiger partial charge is 0.0598 e. The summed E-state index contributed by atoms with van der Waals surface area (Å²) in [6.07, 6.45) is 6.27. The standard InChI is InChI=1S/C15H31NO/c1-13(2,3)17-11-10-15(12-16)8-6-14(4,5)7-9-15/h6-12,16H2,1-5H3. The molecule has 1 rings (SSSR count). The van der Waals surface area contributed by atoms with Gasteiger partial charge in [-0.2, -0.15) is 0 Å². The van der Waals surface area contributed by atoms with Crippen molar-refractivity contribution < 1.29 is 4.74 Å². The summed E-state index contributed by atoms with van der Waals surface area (Å²) in [5.74, 6) is 0. The first-order chi connectivity index (χ1) is 7.68. The van der Waals surface area contributed by atoms with Crippen molar-refractivity contribution in [1.29, 1.82) is 0 Å². The van der Waals surface area contributed by atoms with Crippen LogP contribution < -0.4 is 5.73 Å². The second-order valence-electron chi connectivity index (χ2n) is 7.58. The number of ether oxygens (including phenoxy) is 1. The van der Waals surface area contributed by atoms with Crippen LogP contribution in [-0.2, 0) is 4.74 Å². The van der Waals surface area contributed by atoms with Gasteiger partial charge in [-0.25, -0.2) is 0 Å². The summed E-state index contributed by atoms with van der Waals surface area (Å²) < 4.78 is 5.86. The third-order valence-corrected chi connectivity index (χ3v) is 4.26. The first kappa shape index (κ1) is 15.0. The van der Waals surface area contributed by atoms with E-state index in [1.807, 2.05) is 0 Å². The highest BCUT2D eigenvalue weighted by Crippen LogP contribution is 2.46. The van der Waals surface area contributed by atoms with E-state index in [9.17, 15) is 0 Å². The van der Waals surface area contributed by atoms with Crippen LogP contribution in [0.3, 0.4) is 0 Å². The van der Waals surface area contributed by atoms with Crippen molar-refractivity contribution in [2.45, 2.75) is 72.3 Å². The topological polar surface area (TPSA) is 35.2 Å². The molecule has 1 saturated carbocycles. The molecule has 1 aliphatic carbocycles. The molecule has 0 radical (unpaired) electrons. The molecule has 0 saturated heterocycles. The van der Waals surface area contributed by atoms with Crippen molar-refractivity contribution in [3.63, 3.8) is 0 Å². The van der Waals surface area contributed by atoms with Crippen molar-refractivity contribution in [3.05, 3.63) is 0 Å². The van der Waals surface area contributed by atoms with E-state index >= 15 is 0 Å². The summed E-state index contributed by atoms with van der Waals surface area (Å²) in [6, 6.07) is 0. The Kier molecular flexibility index (Phi) is 4.65. The van der Waals surface area contributed by atoms with Gasteiger partial charge in [0.25, 0.3) is 0 Å². The molecule has 0 aromatic carbocycles. The Morgan fingerprint density at radius 2 is 1.59 bits per heavy atom. The summed E-state index contributed by atoms with van der Waals surface area (Å²) in [6.45, 7) is 12.8. The number of nitrogens with two attached hydrogens (primary N) is 1. The third kappa shape index (κ3) is 4.97. The molecule has 1 aliphatic rings. The Morgan fingerprint density at radius 3 is 2.00 bits per heavy atom. The van der Waals surface area contributed by atoms with E-state index in [4.69, 9.17) is 10.5 Å². The van der Waals surface area contributed by atoms with Gasteiger partial charge in [-0.3, -0.25) is 0 Å². The molecule has 2 heteroatoms. The van der Waals surface area contributed by atoms with E-state index in [-0.39, 0.29) is 5.60 Å². The van der Waals surface area contributed by atoms with Crippen molar-refractivity contribution in [2.75, 3.05) is 13.2 Å². The van der Waals surface area contributed by atoms with E-state index < -0.39 is 0 Å². The first-order valence-electron chi connectivity index (χ1n) is 7.02. The van der Waals surface area contributed by atoms with Crippen molar-refractivity contribution >= 4 is 0 Å². The highest BCUT2D eigenvalue weighted by atomic mass is 16.5. The van der Waals surface area contributed by atoms with Gasteiger partial charge < -0.3 is 10.5 Å². The summed E-state index contributed by atoms with van der Waals surface area (Å²) in [5.41, 5.74) is 6.86. The average molecular weight is 241 g/mol. The Bertz CT molecular complexity index is 230. The predicted molar refractivity (Wildman–Crippen MR) is 74.1 cm³/mol. The molecule has 0 aliphatic heterocycles. The van der Waals surface area contributed by atoms with Crippen molar-refractivity contribution in [3.8, 4) is 0 Å². The second-order valence-corrected chi connectivity index (χ2v) is 7.58. The van der Waals surface area contributed by atoms with Gasteiger partial charge in [-0.1, -0.05) is 13.8 Å². The van der Waals surface area contributed by atoms with E-state index in [2.05, 4.69) is 34.6 Å². The Labute approximate surface area is 107 Å². The summed E-state index contributed by atoms with van der Waals surface area (Å²) in [5, 5.41) is 0. The second kappa shape index (κ2) is 5.27. The lowest BCUT2D eigenvalue weighted by atomic mass is 9.64. The zero-order valence-corrected chi connectivity index (χ0v) is 12.4. The SMILES string of the molecule is CC1(C)CCC(CN)(CCOC(C)(C)C)CC1. The van der Waals surface area contributed by atoms with Gasteiger partial charge in [0.2, 0.25) is 0 Å². The van der Waals surface area contributed by atoms with Gasteiger partial charge in [0.1, 0.15) is 0 Å². The van der Waals surface area contributed by atoms with Crippen LogP contribution in [0.4, 0.5) is 0 Å². The maximum Gasteiger partial charge on any atom is 0.0598 e. The van der Waals surface area contributed by atoms with Crippen LogP contribution in [0.25, 0.3) is 0 Å². The Hall–Kier alpha value is -0.0800. The zero-order chi connectivity index (χ0) is 13.2. The third-order valence-electron chi connectivity index (χ3n) is 4.26. The van der Waals surface area contributed by atoms with Gasteiger partial charge in [0.05, 0.1) is 5.60 Å². The van der Waals surface area contributed by atoms with Gasteiger partial charge in [0.15, 0.2) is 0 Å². The lowest BCUT2D eigenvalue weighted by molar-refractivity contribution is -0.0278. The normalized spacial score (nSPS) is 23.6. The minimum Gasteiger partial charge on any atom is -0.376 e. The molecule has 0 aromatic rings. The molecule has 0 heterocycles. The molecule has 0 spiro atoms. The largest absolute Gasteiger partial charge is 0.376 e. The molecule has 1 fully saturated rings. The molecule has 0 aromatic heterocycles. The maximum absolute atomic E-state index is 6.02. The summed E-state index contributed by atoms with van der Waals surface area (Å²) in [4.78, 5) is 0. The summed E-state index contributed by atoms with van der Waals surface area (Å²) in [7, 11) is 0. The molecule has 0 unspecified atom stereocenters. The minimum atomic E-state index is -0.0241. The van der Waals surface area contributed by atoms with Gasteiger partial charge in [0, 0.05) is 6.61 Å². The Morgan fingerprint density at radius 1 is 1.06 bits per heavy atom. The Balaban J connectivity index is 2.43. The van der Waals surface area contributed by atoms with Crippen molar-refractivity contribution in [2.24, 2.45) is 16.6 Å². The lowest BCUT2D eigenvalue weighted by Gasteiger charge is -2.43. The van der Waals surface area contributed by atoms with Crippen LogP contribution in [-0.4, -0.2) is 18.8 Å². The van der Waals surface area contributed by atoms with Crippen LogP contribution in [0.1, 0.15) is 66.7 Å². The van der Waals surface area contributed by atoms with Crippen LogP contribution in [0, 0.1) is 10.8 Å². The fourth-order valence-electron chi connectivity index (χ4n) is 2.59. The zero-order valence-electron chi connectivity index (χ0n) is 12.4. The number of hydrogen-bond acceptors (Lipinski definition) is 2. The molecular weight excluding hydrogens is 210 g/mol. The van der Waals surface area contributed by atoms with Crippen LogP contribution in [0.5, 0.6) is 0 Å².